The van der Waals surface area contributed by atoms with Gasteiger partial charge in [-0.15, -0.1) is 0 Å². The molecule has 0 aromatic heterocycles. The molecule has 1 unspecified atom stereocenters. The molecule has 0 aromatic carbocycles. The zero-order valence-corrected chi connectivity index (χ0v) is 47.5. The molecule has 0 amide bonds. The maximum absolute atomic E-state index is 12.9. The lowest BCUT2D eigenvalue weighted by Gasteiger charge is -2.18. The number of esters is 3. The van der Waals surface area contributed by atoms with E-state index in [2.05, 4.69) is 34.6 Å². The topological polar surface area (TPSA) is 78.9 Å². The van der Waals surface area contributed by atoms with Crippen molar-refractivity contribution in [2.24, 2.45) is 11.8 Å². The summed E-state index contributed by atoms with van der Waals surface area (Å²) in [4.78, 5) is 38.2. The number of hydrogen-bond acceptors (Lipinski definition) is 6. The van der Waals surface area contributed by atoms with E-state index in [1.807, 2.05) is 0 Å². The fraction of sp³-hybridized carbons (Fsp3) is 0.952. The summed E-state index contributed by atoms with van der Waals surface area (Å²) in [7, 11) is 0. The van der Waals surface area contributed by atoms with E-state index in [4.69, 9.17) is 14.2 Å². The maximum atomic E-state index is 12.9. The monoisotopic (exact) mass is 975 g/mol. The molecule has 0 aliphatic heterocycles. The van der Waals surface area contributed by atoms with Gasteiger partial charge in [0.1, 0.15) is 13.2 Å². The molecule has 0 saturated carbocycles. The molecule has 6 nitrogen and oxygen atoms in total. The van der Waals surface area contributed by atoms with Gasteiger partial charge in [0, 0.05) is 19.3 Å². The van der Waals surface area contributed by atoms with Crippen LogP contribution in [0.2, 0.25) is 0 Å². The van der Waals surface area contributed by atoms with E-state index < -0.39 is 6.10 Å². The van der Waals surface area contributed by atoms with E-state index in [0.717, 1.165) is 69.6 Å². The molecule has 410 valence electrons. The van der Waals surface area contributed by atoms with E-state index in [0.29, 0.717) is 19.3 Å². The van der Waals surface area contributed by atoms with Crippen LogP contribution < -0.4 is 0 Å². The molecule has 2 atom stereocenters. The van der Waals surface area contributed by atoms with Crippen LogP contribution in [0.3, 0.4) is 0 Å². The molecule has 0 saturated heterocycles. The first-order valence-electron chi connectivity index (χ1n) is 31.3. The highest BCUT2D eigenvalue weighted by molar-refractivity contribution is 5.71. The van der Waals surface area contributed by atoms with Crippen molar-refractivity contribution in [1.82, 2.24) is 0 Å². The predicted molar refractivity (Wildman–Crippen MR) is 298 cm³/mol. The molecule has 0 aliphatic carbocycles. The third-order valence-corrected chi connectivity index (χ3v) is 14.8. The van der Waals surface area contributed by atoms with Crippen molar-refractivity contribution < 1.29 is 28.6 Å². The van der Waals surface area contributed by atoms with Crippen LogP contribution in [0.1, 0.15) is 356 Å². The van der Waals surface area contributed by atoms with Crippen molar-refractivity contribution in [3.63, 3.8) is 0 Å². The number of carbonyl (C=O) groups excluding carboxylic acids is 3. The molecular weight excluding hydrogens is 853 g/mol. The van der Waals surface area contributed by atoms with Gasteiger partial charge in [-0.1, -0.05) is 317 Å². The second-order valence-electron chi connectivity index (χ2n) is 22.4. The Bertz CT molecular complexity index is 1060. The van der Waals surface area contributed by atoms with E-state index >= 15 is 0 Å². The van der Waals surface area contributed by atoms with Crippen molar-refractivity contribution in [1.29, 1.82) is 0 Å². The van der Waals surface area contributed by atoms with Gasteiger partial charge in [-0.25, -0.2) is 0 Å². The summed E-state index contributed by atoms with van der Waals surface area (Å²) >= 11 is 0. The van der Waals surface area contributed by atoms with Crippen molar-refractivity contribution >= 4 is 17.9 Å². The third-order valence-electron chi connectivity index (χ3n) is 14.8. The number of carbonyl (C=O) groups is 3. The number of unbranched alkanes of at least 4 members (excludes halogenated alkanes) is 41. The Kier molecular flexibility index (Phi) is 54.4. The van der Waals surface area contributed by atoms with Crippen LogP contribution >= 0.6 is 0 Å². The first-order chi connectivity index (χ1) is 33.8. The molecule has 0 heterocycles. The van der Waals surface area contributed by atoms with Gasteiger partial charge in [0.2, 0.25) is 0 Å². The van der Waals surface area contributed by atoms with Crippen molar-refractivity contribution in [3.8, 4) is 0 Å². The van der Waals surface area contributed by atoms with Gasteiger partial charge in [-0.3, -0.25) is 14.4 Å². The van der Waals surface area contributed by atoms with Crippen LogP contribution in [-0.2, 0) is 28.6 Å². The van der Waals surface area contributed by atoms with E-state index in [1.165, 1.54) is 244 Å². The lowest BCUT2D eigenvalue weighted by atomic mass is 9.99. The number of rotatable bonds is 57. The summed E-state index contributed by atoms with van der Waals surface area (Å²) in [6, 6.07) is 0. The summed E-state index contributed by atoms with van der Waals surface area (Å²) in [6.07, 6.45) is 61.1. The lowest BCUT2D eigenvalue weighted by molar-refractivity contribution is -0.167. The highest BCUT2D eigenvalue weighted by Crippen LogP contribution is 2.19. The minimum absolute atomic E-state index is 0.0629. The SMILES string of the molecule is CCCCCCCCCCCCCCCCCCCCCC(=O)O[C@@H](COC(=O)CCCCCCCCCCCCCCCCCCCCC(C)CC)COC(=O)CCCCCCCCCC(C)C. The molecule has 0 bridgehead atoms. The first kappa shape index (κ1) is 67.4. The van der Waals surface area contributed by atoms with Gasteiger partial charge in [-0.2, -0.15) is 0 Å². The second kappa shape index (κ2) is 55.7. The van der Waals surface area contributed by atoms with Crippen molar-refractivity contribution in [3.05, 3.63) is 0 Å². The van der Waals surface area contributed by atoms with Crippen LogP contribution in [0.5, 0.6) is 0 Å². The molecule has 0 aromatic rings. The Morgan fingerprint density at radius 1 is 0.304 bits per heavy atom. The minimum Gasteiger partial charge on any atom is -0.462 e. The summed E-state index contributed by atoms with van der Waals surface area (Å²) in [5, 5.41) is 0. The smallest absolute Gasteiger partial charge is 0.306 e. The minimum atomic E-state index is -0.763. The second-order valence-corrected chi connectivity index (χ2v) is 22.4. The largest absolute Gasteiger partial charge is 0.462 e. The van der Waals surface area contributed by atoms with E-state index in [-0.39, 0.29) is 31.1 Å². The molecule has 0 fully saturated rings. The third kappa shape index (κ3) is 55.6. The number of ether oxygens (including phenoxy) is 3. The van der Waals surface area contributed by atoms with Crippen LogP contribution in [0, 0.1) is 11.8 Å². The molecular formula is C63H122O6. The molecule has 0 rings (SSSR count). The Labute approximate surface area is 431 Å². The predicted octanol–water partition coefficient (Wildman–Crippen LogP) is 20.8. The Hall–Kier alpha value is -1.59. The standard InChI is InChI=1S/C63H122O6/c1-6-8-9-10-11-12-13-14-15-16-17-22-25-28-31-34-39-45-50-55-63(66)69-60(57-68-62(65)54-49-44-40-35-36-41-46-51-58(3)4)56-67-61(64)53-48-43-38-33-30-27-24-21-19-18-20-23-26-29-32-37-42-47-52-59(5)7-2/h58-60H,6-57H2,1-5H3/t59?,60-/m0/s1. The van der Waals surface area contributed by atoms with Gasteiger partial charge >= 0.3 is 17.9 Å². The van der Waals surface area contributed by atoms with Gasteiger partial charge in [0.15, 0.2) is 6.10 Å². The van der Waals surface area contributed by atoms with Crippen LogP contribution in [0.4, 0.5) is 0 Å². The summed E-state index contributed by atoms with van der Waals surface area (Å²) in [6.45, 7) is 11.4. The lowest BCUT2D eigenvalue weighted by Crippen LogP contribution is -2.30. The summed E-state index contributed by atoms with van der Waals surface area (Å²) < 4.78 is 16.9. The summed E-state index contributed by atoms with van der Waals surface area (Å²) in [5.74, 6) is 0.853. The van der Waals surface area contributed by atoms with Crippen LogP contribution in [0.15, 0.2) is 0 Å². The normalized spacial score (nSPS) is 12.4. The van der Waals surface area contributed by atoms with Crippen LogP contribution in [0.25, 0.3) is 0 Å². The van der Waals surface area contributed by atoms with E-state index in [1.54, 1.807) is 0 Å². The molecule has 6 heteroatoms. The quantitative estimate of drug-likeness (QED) is 0.0343. The Morgan fingerprint density at radius 3 is 0.826 bits per heavy atom. The molecule has 69 heavy (non-hydrogen) atoms. The molecule has 0 aliphatic rings. The average Bonchev–Trinajstić information content (AvgIpc) is 3.34. The summed E-state index contributed by atoms with van der Waals surface area (Å²) in [5.41, 5.74) is 0. The zero-order valence-electron chi connectivity index (χ0n) is 47.5. The maximum Gasteiger partial charge on any atom is 0.306 e. The fourth-order valence-corrected chi connectivity index (χ4v) is 9.73. The first-order valence-corrected chi connectivity index (χ1v) is 31.3. The van der Waals surface area contributed by atoms with E-state index in [9.17, 15) is 14.4 Å². The van der Waals surface area contributed by atoms with Gasteiger partial charge in [-0.05, 0) is 31.1 Å². The van der Waals surface area contributed by atoms with Crippen molar-refractivity contribution in [2.45, 2.75) is 362 Å². The highest BCUT2D eigenvalue weighted by atomic mass is 16.6. The van der Waals surface area contributed by atoms with Crippen LogP contribution in [-0.4, -0.2) is 37.2 Å². The molecule has 0 spiro atoms. The van der Waals surface area contributed by atoms with Gasteiger partial charge < -0.3 is 14.2 Å². The highest BCUT2D eigenvalue weighted by Gasteiger charge is 2.19. The Morgan fingerprint density at radius 2 is 0.551 bits per heavy atom. The van der Waals surface area contributed by atoms with Gasteiger partial charge in [0.05, 0.1) is 0 Å². The Balaban J connectivity index is 4.19. The molecule has 0 radical (unpaired) electrons. The number of hydrogen-bond donors (Lipinski definition) is 0. The molecule has 0 N–H and O–H groups in total. The zero-order chi connectivity index (χ0) is 50.4. The average molecular weight is 976 g/mol. The fourth-order valence-electron chi connectivity index (χ4n) is 9.73. The van der Waals surface area contributed by atoms with Crippen molar-refractivity contribution in [2.75, 3.05) is 13.2 Å². The van der Waals surface area contributed by atoms with Gasteiger partial charge in [0.25, 0.3) is 0 Å².